The minimum Gasteiger partial charge on any atom is -0.324 e. The number of aromatic nitrogens is 2. The molecule has 2 amide bonds. The molecule has 2 aromatic heterocycles. The van der Waals surface area contributed by atoms with E-state index in [9.17, 15) is 14.4 Å². The molecule has 5 rings (SSSR count). The molecule has 1 N–H and O–H groups in total. The number of rotatable bonds is 3. The largest absolute Gasteiger partial charge is 0.324 e. The molecule has 1 unspecified atom stereocenters. The molecular weight excluding hydrogens is 448 g/mol. The number of hydrogen-bond acceptors (Lipinski definition) is 5. The fourth-order valence-electron chi connectivity index (χ4n) is 4.39. The number of fused-ring (bicyclic) bond motifs is 2. The van der Waals surface area contributed by atoms with Crippen LogP contribution in [0.25, 0.3) is 21.3 Å². The van der Waals surface area contributed by atoms with Crippen LogP contribution in [0.4, 0.5) is 11.4 Å². The van der Waals surface area contributed by atoms with E-state index in [0.29, 0.717) is 21.6 Å². The summed E-state index contributed by atoms with van der Waals surface area (Å²) in [5, 5.41) is 5.32. The second-order valence-corrected chi connectivity index (χ2v) is 9.55. The van der Waals surface area contributed by atoms with Gasteiger partial charge in [-0.25, -0.2) is 4.98 Å². The van der Waals surface area contributed by atoms with Crippen molar-refractivity contribution >= 4 is 44.7 Å². The van der Waals surface area contributed by atoms with E-state index in [1.807, 2.05) is 43.5 Å². The second-order valence-electron chi connectivity index (χ2n) is 8.69. The van der Waals surface area contributed by atoms with Crippen molar-refractivity contribution in [3.8, 4) is 11.1 Å². The first kappa shape index (κ1) is 22.0. The highest BCUT2D eigenvalue weighted by Gasteiger charge is 2.30. The number of hydrogen-bond donors (Lipinski definition) is 1. The number of benzene rings is 2. The van der Waals surface area contributed by atoms with Gasteiger partial charge in [0.05, 0.1) is 23.1 Å². The second kappa shape index (κ2) is 8.53. The van der Waals surface area contributed by atoms with E-state index in [0.717, 1.165) is 16.7 Å². The van der Waals surface area contributed by atoms with E-state index < -0.39 is 0 Å². The molecule has 7 nitrogen and oxygen atoms in total. The van der Waals surface area contributed by atoms with Crippen LogP contribution < -0.4 is 15.8 Å². The maximum absolute atomic E-state index is 13.5. The van der Waals surface area contributed by atoms with Crippen LogP contribution in [0, 0.1) is 13.8 Å². The molecule has 0 spiro atoms. The number of thiophene rings is 1. The van der Waals surface area contributed by atoms with Crippen LogP contribution in [0.2, 0.25) is 0 Å². The van der Waals surface area contributed by atoms with Gasteiger partial charge in [0.2, 0.25) is 11.8 Å². The van der Waals surface area contributed by atoms with Gasteiger partial charge in [-0.3, -0.25) is 19.0 Å². The summed E-state index contributed by atoms with van der Waals surface area (Å²) >= 11 is 1.42. The van der Waals surface area contributed by atoms with Gasteiger partial charge in [0.25, 0.3) is 5.56 Å². The van der Waals surface area contributed by atoms with Crippen LogP contribution >= 0.6 is 11.3 Å². The van der Waals surface area contributed by atoms with Crippen molar-refractivity contribution in [2.45, 2.75) is 39.8 Å². The topological polar surface area (TPSA) is 84.3 Å². The van der Waals surface area contributed by atoms with Gasteiger partial charge in [-0.15, -0.1) is 11.3 Å². The highest BCUT2D eigenvalue weighted by atomic mass is 32.1. The Hall–Kier alpha value is -3.78. The Labute approximate surface area is 200 Å². The number of carbonyl (C=O) groups excluding carboxylic acids is 2. The third-order valence-electron chi connectivity index (χ3n) is 6.31. The normalized spacial score (nSPS) is 15.7. The Morgan fingerprint density at radius 3 is 2.74 bits per heavy atom. The van der Waals surface area contributed by atoms with Gasteiger partial charge in [0.1, 0.15) is 11.4 Å². The van der Waals surface area contributed by atoms with E-state index in [1.54, 1.807) is 17.0 Å². The number of anilines is 2. The minimum atomic E-state index is -0.351. The van der Waals surface area contributed by atoms with Crippen molar-refractivity contribution in [3.63, 3.8) is 0 Å². The molecule has 0 bridgehead atoms. The lowest BCUT2D eigenvalue weighted by Gasteiger charge is -2.28. The van der Waals surface area contributed by atoms with Gasteiger partial charge >= 0.3 is 0 Å². The average Bonchev–Trinajstić information content (AvgIpc) is 3.18. The highest BCUT2D eigenvalue weighted by molar-refractivity contribution is 7.17. The number of amides is 2. The van der Waals surface area contributed by atoms with Crippen molar-refractivity contribution in [1.29, 1.82) is 0 Å². The Bertz CT molecular complexity index is 1500. The van der Waals surface area contributed by atoms with Gasteiger partial charge in [-0.2, -0.15) is 0 Å². The van der Waals surface area contributed by atoms with E-state index in [4.69, 9.17) is 0 Å². The zero-order valence-electron chi connectivity index (χ0n) is 19.2. The smallest absolute Gasteiger partial charge is 0.263 e. The lowest BCUT2D eigenvalue weighted by atomic mass is 10.0. The van der Waals surface area contributed by atoms with Crippen LogP contribution in [0.1, 0.15) is 24.5 Å². The summed E-state index contributed by atoms with van der Waals surface area (Å²) in [5.41, 5.74) is 5.07. The first-order valence-corrected chi connectivity index (χ1v) is 12.0. The quantitative estimate of drug-likeness (QED) is 0.476. The van der Waals surface area contributed by atoms with Crippen LogP contribution in [0.3, 0.4) is 0 Å². The Morgan fingerprint density at radius 2 is 1.94 bits per heavy atom. The molecule has 0 saturated heterocycles. The zero-order chi connectivity index (χ0) is 24.0. The van der Waals surface area contributed by atoms with E-state index in [1.165, 1.54) is 27.8 Å². The zero-order valence-corrected chi connectivity index (χ0v) is 20.0. The Balaban J connectivity index is 1.54. The lowest BCUT2D eigenvalue weighted by molar-refractivity contribution is -0.120. The van der Waals surface area contributed by atoms with Crippen molar-refractivity contribution in [2.24, 2.45) is 0 Å². The molecule has 8 heteroatoms. The number of aryl methyl sites for hydroxylation is 2. The Morgan fingerprint density at radius 1 is 1.15 bits per heavy atom. The summed E-state index contributed by atoms with van der Waals surface area (Å²) < 4.78 is 1.36. The molecule has 0 radical (unpaired) electrons. The summed E-state index contributed by atoms with van der Waals surface area (Å²) in [5.74, 6) is -0.422. The third kappa shape index (κ3) is 3.80. The van der Waals surface area contributed by atoms with E-state index >= 15 is 0 Å². The molecule has 2 aromatic carbocycles. The van der Waals surface area contributed by atoms with Gasteiger partial charge in [0, 0.05) is 23.4 Å². The van der Waals surface area contributed by atoms with Crippen molar-refractivity contribution in [1.82, 2.24) is 9.55 Å². The van der Waals surface area contributed by atoms with E-state index in [-0.39, 0.29) is 36.4 Å². The molecular formula is C26H24N4O3S. The molecule has 3 heterocycles. The van der Waals surface area contributed by atoms with Crippen molar-refractivity contribution in [3.05, 3.63) is 75.7 Å². The van der Waals surface area contributed by atoms with Gasteiger partial charge in [0.15, 0.2) is 0 Å². The molecule has 0 saturated carbocycles. The number of para-hydroxylation sites is 2. The van der Waals surface area contributed by atoms with Gasteiger partial charge in [-0.1, -0.05) is 30.3 Å². The molecule has 1 aliphatic rings. The summed E-state index contributed by atoms with van der Waals surface area (Å²) in [6.45, 7) is 5.76. The van der Waals surface area contributed by atoms with Crippen molar-refractivity contribution in [2.75, 3.05) is 10.2 Å². The standard InChI is InChI=1S/C26H24N4O3S/c1-15-8-9-18(10-16(15)2)19-13-34-25-24(19)26(33)29(14-27-25)12-23(32)30-17(3)11-22(31)28-20-6-4-5-7-21(20)30/h4-10,13-14,17H,11-12H2,1-3H3,(H,28,31). The predicted octanol–water partition coefficient (Wildman–Crippen LogP) is 4.51. The summed E-state index contributed by atoms with van der Waals surface area (Å²) in [7, 11) is 0. The SMILES string of the molecule is Cc1ccc(-c2csc3ncn(CC(=O)N4c5ccccc5NC(=O)CC4C)c(=O)c23)cc1C. The monoisotopic (exact) mass is 472 g/mol. The lowest BCUT2D eigenvalue weighted by Crippen LogP contribution is -2.42. The summed E-state index contributed by atoms with van der Waals surface area (Å²) in [6, 6.07) is 13.0. The first-order chi connectivity index (χ1) is 16.3. The maximum atomic E-state index is 13.5. The predicted molar refractivity (Wildman–Crippen MR) is 135 cm³/mol. The molecule has 34 heavy (non-hydrogen) atoms. The molecule has 172 valence electrons. The molecule has 1 atom stereocenters. The average molecular weight is 473 g/mol. The fraction of sp³-hybridized carbons (Fsp3) is 0.231. The Kier molecular flexibility index (Phi) is 5.53. The number of nitrogens with one attached hydrogen (secondary N) is 1. The highest BCUT2D eigenvalue weighted by Crippen LogP contribution is 2.33. The summed E-state index contributed by atoms with van der Waals surface area (Å²) in [6.07, 6.45) is 1.61. The number of nitrogens with zero attached hydrogens (tertiary/aromatic N) is 3. The first-order valence-electron chi connectivity index (χ1n) is 11.1. The van der Waals surface area contributed by atoms with Crippen LogP contribution in [-0.2, 0) is 16.1 Å². The summed E-state index contributed by atoms with van der Waals surface area (Å²) in [4.78, 5) is 45.9. The van der Waals surface area contributed by atoms with Crippen LogP contribution in [0.5, 0.6) is 0 Å². The number of carbonyl (C=O) groups is 2. The van der Waals surface area contributed by atoms with E-state index in [2.05, 4.69) is 23.3 Å². The third-order valence-corrected chi connectivity index (χ3v) is 7.20. The molecule has 1 aliphatic heterocycles. The fourth-order valence-corrected chi connectivity index (χ4v) is 5.30. The maximum Gasteiger partial charge on any atom is 0.263 e. The molecule has 4 aromatic rings. The van der Waals surface area contributed by atoms with Gasteiger partial charge < -0.3 is 10.2 Å². The van der Waals surface area contributed by atoms with Crippen molar-refractivity contribution < 1.29 is 9.59 Å². The van der Waals surface area contributed by atoms with Crippen LogP contribution in [0.15, 0.2) is 59.0 Å². The van der Waals surface area contributed by atoms with Crippen LogP contribution in [-0.4, -0.2) is 27.4 Å². The molecule has 0 fully saturated rings. The van der Waals surface area contributed by atoms with Gasteiger partial charge in [-0.05, 0) is 49.6 Å². The minimum absolute atomic E-state index is 0.146. The molecule has 0 aliphatic carbocycles.